The summed E-state index contributed by atoms with van der Waals surface area (Å²) < 4.78 is 1.38. The van der Waals surface area contributed by atoms with Crippen LogP contribution < -0.4 is 11.0 Å². The van der Waals surface area contributed by atoms with Gasteiger partial charge in [-0.1, -0.05) is 0 Å². The van der Waals surface area contributed by atoms with Crippen molar-refractivity contribution in [1.82, 2.24) is 19.9 Å². The number of carbonyl (C=O) groups excluding carboxylic acids is 1. The van der Waals surface area contributed by atoms with Gasteiger partial charge in [0.05, 0.1) is 6.10 Å². The van der Waals surface area contributed by atoms with Crippen molar-refractivity contribution >= 4 is 5.91 Å². The molecule has 0 spiro atoms. The Morgan fingerprint density at radius 1 is 1.35 bits per heavy atom. The molecule has 1 amide bonds. The van der Waals surface area contributed by atoms with Crippen molar-refractivity contribution in [2.75, 3.05) is 0 Å². The van der Waals surface area contributed by atoms with Crippen LogP contribution in [0, 0.1) is 19.8 Å². The Labute approximate surface area is 152 Å². The fourth-order valence-electron chi connectivity index (χ4n) is 3.43. The van der Waals surface area contributed by atoms with Crippen molar-refractivity contribution in [3.63, 3.8) is 0 Å². The van der Waals surface area contributed by atoms with Crippen LogP contribution in [0.15, 0.2) is 35.4 Å². The minimum atomic E-state index is -0.414. The van der Waals surface area contributed by atoms with E-state index in [-0.39, 0.29) is 30.5 Å². The maximum absolute atomic E-state index is 12.6. The van der Waals surface area contributed by atoms with Gasteiger partial charge in [-0.25, -0.2) is 4.79 Å². The molecule has 2 aromatic heterocycles. The maximum Gasteiger partial charge on any atom is 0.348 e. The number of aryl methyl sites for hydroxylation is 2. The highest BCUT2D eigenvalue weighted by atomic mass is 16.3. The number of aromatic nitrogens is 3. The van der Waals surface area contributed by atoms with Crippen LogP contribution in [0.2, 0.25) is 0 Å². The first-order valence-electron chi connectivity index (χ1n) is 8.84. The molecule has 1 unspecified atom stereocenters. The van der Waals surface area contributed by atoms with Crippen LogP contribution >= 0.6 is 0 Å². The van der Waals surface area contributed by atoms with Crippen LogP contribution in [0.25, 0.3) is 0 Å². The monoisotopic (exact) mass is 356 g/mol. The number of nitrogens with one attached hydrogen (secondary N) is 1. The van der Waals surface area contributed by atoms with Crippen molar-refractivity contribution in [3.8, 4) is 0 Å². The molecular formula is C19H24N4O3. The molecular weight excluding hydrogens is 332 g/mol. The van der Waals surface area contributed by atoms with Gasteiger partial charge in [-0.3, -0.25) is 14.3 Å². The Morgan fingerprint density at radius 2 is 2.04 bits per heavy atom. The molecule has 2 N–H and O–H groups in total. The number of aliphatic hydroxyl groups excluding tert-OH is 1. The molecule has 2 heterocycles. The standard InChI is InChI=1S/C19H24N4O3/c1-12-7-13(2)23(19(26)21-12)11-18(25)22-17(15-9-16(24)10-15)8-14-3-5-20-6-4-14/h3-7,15-17,24H,8-11H2,1-2H3,(H,22,25). The summed E-state index contributed by atoms with van der Waals surface area (Å²) in [7, 11) is 0. The van der Waals surface area contributed by atoms with Gasteiger partial charge in [0, 0.05) is 29.8 Å². The summed E-state index contributed by atoms with van der Waals surface area (Å²) in [6.45, 7) is 3.49. The van der Waals surface area contributed by atoms with Gasteiger partial charge in [0.1, 0.15) is 6.54 Å². The lowest BCUT2D eigenvalue weighted by molar-refractivity contribution is -0.123. The van der Waals surface area contributed by atoms with Gasteiger partial charge < -0.3 is 10.4 Å². The molecule has 0 radical (unpaired) electrons. The zero-order valence-electron chi connectivity index (χ0n) is 15.1. The number of hydrogen-bond donors (Lipinski definition) is 2. The van der Waals surface area contributed by atoms with Crippen LogP contribution in [-0.4, -0.2) is 37.7 Å². The molecule has 1 aliphatic rings. The molecule has 1 aliphatic carbocycles. The molecule has 2 aromatic rings. The van der Waals surface area contributed by atoms with Crippen molar-refractivity contribution < 1.29 is 9.90 Å². The minimum Gasteiger partial charge on any atom is -0.393 e. The summed E-state index contributed by atoms with van der Waals surface area (Å²) >= 11 is 0. The number of rotatable bonds is 6. The number of pyridine rings is 1. The molecule has 138 valence electrons. The summed E-state index contributed by atoms with van der Waals surface area (Å²) in [6, 6.07) is 5.55. The Hall–Kier alpha value is -2.54. The van der Waals surface area contributed by atoms with Gasteiger partial charge >= 0.3 is 5.69 Å². The van der Waals surface area contributed by atoms with Crippen molar-refractivity contribution in [1.29, 1.82) is 0 Å². The van der Waals surface area contributed by atoms with E-state index in [0.29, 0.717) is 30.7 Å². The molecule has 0 aliphatic heterocycles. The van der Waals surface area contributed by atoms with E-state index in [0.717, 1.165) is 5.56 Å². The highest BCUT2D eigenvalue weighted by molar-refractivity contribution is 5.76. The van der Waals surface area contributed by atoms with Gasteiger partial charge in [-0.05, 0) is 62.8 Å². The Bertz CT molecular complexity index is 828. The molecule has 1 saturated carbocycles. The van der Waals surface area contributed by atoms with E-state index >= 15 is 0 Å². The van der Waals surface area contributed by atoms with Crippen molar-refractivity contribution in [3.05, 3.63) is 58.0 Å². The molecule has 7 heteroatoms. The molecule has 1 atom stereocenters. The first-order chi connectivity index (χ1) is 12.4. The quantitative estimate of drug-likeness (QED) is 0.796. The van der Waals surface area contributed by atoms with E-state index in [2.05, 4.69) is 15.3 Å². The Morgan fingerprint density at radius 3 is 2.65 bits per heavy atom. The topological polar surface area (TPSA) is 97.1 Å². The fraction of sp³-hybridized carbons (Fsp3) is 0.474. The van der Waals surface area contributed by atoms with Crippen LogP contribution in [-0.2, 0) is 17.8 Å². The lowest BCUT2D eigenvalue weighted by atomic mass is 9.75. The maximum atomic E-state index is 12.6. The van der Waals surface area contributed by atoms with E-state index in [9.17, 15) is 14.7 Å². The number of aliphatic hydroxyl groups is 1. The lowest BCUT2D eigenvalue weighted by Crippen LogP contribution is -2.49. The predicted octanol–water partition coefficient (Wildman–Crippen LogP) is 0.754. The Balaban J connectivity index is 1.70. The summed E-state index contributed by atoms with van der Waals surface area (Å²) in [4.78, 5) is 32.5. The highest BCUT2D eigenvalue weighted by Gasteiger charge is 2.34. The second kappa shape index (κ2) is 7.78. The van der Waals surface area contributed by atoms with Crippen LogP contribution in [0.1, 0.15) is 29.8 Å². The number of nitrogens with zero attached hydrogens (tertiary/aromatic N) is 3. The van der Waals surface area contributed by atoms with Gasteiger partial charge in [0.25, 0.3) is 0 Å². The molecule has 7 nitrogen and oxygen atoms in total. The van der Waals surface area contributed by atoms with Crippen LogP contribution in [0.4, 0.5) is 0 Å². The third kappa shape index (κ3) is 4.35. The molecule has 3 rings (SSSR count). The first kappa shape index (κ1) is 18.3. The summed E-state index contributed by atoms with van der Waals surface area (Å²) in [6.07, 6.45) is 5.20. The summed E-state index contributed by atoms with van der Waals surface area (Å²) in [5.41, 5.74) is 2.02. The molecule has 0 saturated heterocycles. The number of hydrogen-bond acceptors (Lipinski definition) is 5. The van der Waals surface area contributed by atoms with Gasteiger partial charge in [0.2, 0.25) is 5.91 Å². The zero-order valence-corrected chi connectivity index (χ0v) is 15.1. The van der Waals surface area contributed by atoms with Crippen LogP contribution in [0.3, 0.4) is 0 Å². The predicted molar refractivity (Wildman–Crippen MR) is 96.6 cm³/mol. The average molecular weight is 356 g/mol. The molecule has 1 fully saturated rings. The van der Waals surface area contributed by atoms with E-state index < -0.39 is 5.69 Å². The van der Waals surface area contributed by atoms with Gasteiger partial charge in [-0.15, -0.1) is 0 Å². The third-order valence-electron chi connectivity index (χ3n) is 4.92. The molecule has 26 heavy (non-hydrogen) atoms. The summed E-state index contributed by atoms with van der Waals surface area (Å²) in [5.74, 6) is 0.0115. The fourth-order valence-corrected chi connectivity index (χ4v) is 3.43. The molecule has 0 aromatic carbocycles. The van der Waals surface area contributed by atoms with Gasteiger partial charge in [0.15, 0.2) is 0 Å². The van der Waals surface area contributed by atoms with E-state index in [4.69, 9.17) is 0 Å². The molecule has 0 bridgehead atoms. The van der Waals surface area contributed by atoms with Crippen LogP contribution in [0.5, 0.6) is 0 Å². The van der Waals surface area contributed by atoms with E-state index in [1.165, 1.54) is 4.57 Å². The second-order valence-corrected chi connectivity index (χ2v) is 7.03. The summed E-state index contributed by atoms with van der Waals surface area (Å²) in [5, 5.41) is 12.7. The largest absolute Gasteiger partial charge is 0.393 e. The smallest absolute Gasteiger partial charge is 0.348 e. The zero-order chi connectivity index (χ0) is 18.7. The third-order valence-corrected chi connectivity index (χ3v) is 4.92. The number of amides is 1. The van der Waals surface area contributed by atoms with Crippen molar-refractivity contribution in [2.24, 2.45) is 5.92 Å². The van der Waals surface area contributed by atoms with Crippen molar-refractivity contribution in [2.45, 2.75) is 51.8 Å². The van der Waals surface area contributed by atoms with Gasteiger partial charge in [-0.2, -0.15) is 4.98 Å². The lowest BCUT2D eigenvalue weighted by Gasteiger charge is -2.38. The van der Waals surface area contributed by atoms with E-state index in [1.54, 1.807) is 32.3 Å². The SMILES string of the molecule is Cc1cc(C)n(CC(=O)NC(Cc2ccncc2)C2CC(O)C2)c(=O)n1. The van der Waals surface area contributed by atoms with E-state index in [1.807, 2.05) is 12.1 Å². The second-order valence-electron chi connectivity index (χ2n) is 7.03. The first-order valence-corrected chi connectivity index (χ1v) is 8.84. The normalized spacial score (nSPS) is 20.3. The highest BCUT2D eigenvalue weighted by Crippen LogP contribution is 2.31. The Kier molecular flexibility index (Phi) is 5.46. The minimum absolute atomic E-state index is 0.0555. The average Bonchev–Trinajstić information content (AvgIpc) is 2.55. The number of carbonyl (C=O) groups is 1.